The van der Waals surface area contributed by atoms with Gasteiger partial charge in [0.05, 0.1) is 22.1 Å². The van der Waals surface area contributed by atoms with Gasteiger partial charge in [-0.25, -0.2) is 9.18 Å². The van der Waals surface area contributed by atoms with Crippen molar-refractivity contribution in [2.75, 3.05) is 18.4 Å². The number of nitrogens with zero attached hydrogens (tertiary/aromatic N) is 3. The van der Waals surface area contributed by atoms with Crippen LogP contribution in [0.3, 0.4) is 0 Å². The largest absolute Gasteiger partial charge is 0.352 e. The number of imidazole rings is 1. The second-order valence-electron chi connectivity index (χ2n) is 18.9. The molecule has 5 amide bonds. The van der Waals surface area contributed by atoms with Crippen LogP contribution in [-0.2, 0) is 36.4 Å². The number of piperidine rings is 2. The van der Waals surface area contributed by atoms with Gasteiger partial charge < -0.3 is 15.5 Å². The van der Waals surface area contributed by atoms with E-state index in [1.54, 1.807) is 35.9 Å². The number of aryl methyl sites for hydroxylation is 1. The molecule has 4 aromatic rings. The maximum atomic E-state index is 16.3. The van der Waals surface area contributed by atoms with Crippen molar-refractivity contribution < 1.29 is 28.4 Å². The van der Waals surface area contributed by atoms with E-state index >= 15 is 4.39 Å². The maximum Gasteiger partial charge on any atom is 0.329 e. The van der Waals surface area contributed by atoms with Crippen LogP contribution in [0.25, 0.3) is 11.0 Å². The van der Waals surface area contributed by atoms with Crippen molar-refractivity contribution in [1.29, 1.82) is 0 Å². The number of fused-ring (bicyclic) bond motifs is 4. The van der Waals surface area contributed by atoms with Crippen LogP contribution in [0, 0.1) is 11.7 Å². The quantitative estimate of drug-likeness (QED) is 0.161. The van der Waals surface area contributed by atoms with Crippen LogP contribution >= 0.6 is 23.2 Å². The topological polar surface area (TPSA) is 164 Å². The fraction of sp³-hybridized carbons (Fsp3) is 0.500. The number of benzene rings is 3. The van der Waals surface area contributed by atoms with Crippen LogP contribution in [-0.4, -0.2) is 74.3 Å². The number of amides is 5. The molecule has 3 saturated heterocycles. The van der Waals surface area contributed by atoms with Gasteiger partial charge in [-0.1, -0.05) is 66.7 Å². The molecular formula is C48H52Cl2FN7O6. The lowest BCUT2D eigenvalue weighted by Gasteiger charge is -2.47. The smallest absolute Gasteiger partial charge is 0.329 e. The number of carbonyl (C=O) groups is 5. The molecule has 3 aromatic carbocycles. The molecule has 2 aliphatic carbocycles. The van der Waals surface area contributed by atoms with Gasteiger partial charge in [0.25, 0.3) is 0 Å². The summed E-state index contributed by atoms with van der Waals surface area (Å²) in [7, 11) is 1.69. The first-order valence-corrected chi connectivity index (χ1v) is 23.5. The first kappa shape index (κ1) is 42.9. The van der Waals surface area contributed by atoms with Gasteiger partial charge in [0.2, 0.25) is 29.5 Å². The summed E-state index contributed by atoms with van der Waals surface area (Å²) in [4.78, 5) is 83.1. The summed E-state index contributed by atoms with van der Waals surface area (Å²) in [6.07, 6.45) is 8.39. The first-order chi connectivity index (χ1) is 30.8. The van der Waals surface area contributed by atoms with E-state index in [1.807, 2.05) is 29.2 Å². The molecule has 16 heteroatoms. The first-order valence-electron chi connectivity index (χ1n) is 22.8. The molecule has 5 fully saturated rings. The maximum absolute atomic E-state index is 16.3. The van der Waals surface area contributed by atoms with E-state index in [0.29, 0.717) is 73.4 Å². The molecule has 2 saturated carbocycles. The summed E-state index contributed by atoms with van der Waals surface area (Å²) in [5.74, 6) is -2.79. The van der Waals surface area contributed by atoms with Crippen molar-refractivity contribution in [3.8, 4) is 0 Å². The standard InChI is InChI=1S/C48H52Cl2FN7O6/c1-56-37-24-28(10-15-35(37)58(46(56)64)36-16-17-38(59)54-42(36)60)26-18-22-57(23-19-26)44(62)27-8-12-30(13-9-27)52-43(61)41-39(31-6-5-7-33(50)40(31)51)48(47(55-41)20-3-2-4-21-47)32-14-11-29(49)25-34(32)53-45(48)63/h5-7,10-11,14-15,24-27,30,36,39,41,55H,2-4,8-9,12-13,16-23H2,1H3,(H,52,61)(H,53,63)(H,54,59,60)/t27?,30?,36?,39-,41+,48-/m0/s1. The number of hydrogen-bond donors (Lipinski definition) is 4. The third-order valence-corrected chi connectivity index (χ3v) is 16.2. The molecule has 0 bridgehead atoms. The van der Waals surface area contributed by atoms with Crippen molar-refractivity contribution in [1.82, 2.24) is 30.0 Å². The lowest BCUT2D eigenvalue weighted by Crippen LogP contribution is -2.60. The number of nitrogens with one attached hydrogen (secondary N) is 4. The number of anilines is 1. The highest BCUT2D eigenvalue weighted by Gasteiger charge is 2.72. The van der Waals surface area contributed by atoms with Crippen LogP contribution in [0.2, 0.25) is 10.0 Å². The molecule has 13 nitrogen and oxygen atoms in total. The number of halogens is 3. The monoisotopic (exact) mass is 911 g/mol. The van der Waals surface area contributed by atoms with Crippen LogP contribution in [0.5, 0.6) is 0 Å². The molecule has 1 unspecified atom stereocenters. The van der Waals surface area contributed by atoms with Crippen LogP contribution in [0.15, 0.2) is 59.4 Å². The lowest BCUT2D eigenvalue weighted by atomic mass is 9.55. The molecular weight excluding hydrogens is 860 g/mol. The minimum Gasteiger partial charge on any atom is -0.352 e. The van der Waals surface area contributed by atoms with Gasteiger partial charge >= 0.3 is 5.69 Å². The van der Waals surface area contributed by atoms with E-state index in [9.17, 15) is 28.8 Å². The second-order valence-corrected chi connectivity index (χ2v) is 19.8. The zero-order valence-electron chi connectivity index (χ0n) is 35.7. The highest BCUT2D eigenvalue weighted by atomic mass is 35.5. The Kier molecular flexibility index (Phi) is 11.0. The SMILES string of the molecule is Cn1c(=O)n(C2CCC(=O)NC2=O)c2ccc(C3CCN(C(=O)C4CCC(NC(=O)[C@@H]5NC6(CCCCC6)[C@]6(C(=O)Nc7cc(Cl)ccc76)[C@H]5c5cccc(Cl)c5F)CC4)CC3)cc21. The zero-order valence-corrected chi connectivity index (χ0v) is 37.2. The summed E-state index contributed by atoms with van der Waals surface area (Å²) >= 11 is 12.8. The Hall–Kier alpha value is -5.05. The van der Waals surface area contributed by atoms with Gasteiger partial charge in [0, 0.05) is 60.7 Å². The fourth-order valence-corrected chi connectivity index (χ4v) is 12.9. The van der Waals surface area contributed by atoms with E-state index in [4.69, 9.17) is 23.2 Å². The van der Waals surface area contributed by atoms with E-state index in [-0.39, 0.29) is 70.6 Å². The van der Waals surface area contributed by atoms with Gasteiger partial charge in [-0.05, 0) is 111 Å². The summed E-state index contributed by atoms with van der Waals surface area (Å²) < 4.78 is 19.4. The number of carbonyl (C=O) groups excluding carboxylic acids is 5. The van der Waals surface area contributed by atoms with E-state index in [1.165, 1.54) is 10.6 Å². The minimum absolute atomic E-state index is 0.0767. The Bertz CT molecular complexity index is 2660. The summed E-state index contributed by atoms with van der Waals surface area (Å²) in [5.41, 5.74) is 1.48. The van der Waals surface area contributed by atoms with E-state index in [0.717, 1.165) is 43.2 Å². The number of hydrogen-bond acceptors (Lipinski definition) is 7. The van der Waals surface area contributed by atoms with Crippen LogP contribution in [0.4, 0.5) is 10.1 Å². The van der Waals surface area contributed by atoms with Crippen LogP contribution in [0.1, 0.15) is 118 Å². The van der Waals surface area contributed by atoms with Gasteiger partial charge in [0.15, 0.2) is 0 Å². The number of rotatable bonds is 6. The Morgan fingerprint density at radius 2 is 1.59 bits per heavy atom. The van der Waals surface area contributed by atoms with Gasteiger partial charge in [-0.3, -0.25) is 43.7 Å². The molecule has 336 valence electrons. The van der Waals surface area contributed by atoms with Crippen molar-refractivity contribution in [3.05, 3.63) is 97.6 Å². The van der Waals surface area contributed by atoms with Gasteiger partial charge in [-0.2, -0.15) is 0 Å². The minimum atomic E-state index is -1.31. The average molecular weight is 913 g/mol. The highest BCUT2D eigenvalue weighted by Crippen LogP contribution is 2.63. The summed E-state index contributed by atoms with van der Waals surface area (Å²) in [5, 5.41) is 12.8. The molecule has 4 aliphatic heterocycles. The Balaban J connectivity index is 0.815. The number of aromatic nitrogens is 2. The van der Waals surface area contributed by atoms with Crippen molar-refractivity contribution in [2.45, 2.75) is 124 Å². The third-order valence-electron chi connectivity index (χ3n) is 15.6. The molecule has 10 rings (SSSR count). The predicted octanol–water partition coefficient (Wildman–Crippen LogP) is 6.49. The van der Waals surface area contributed by atoms with Crippen LogP contribution < -0.4 is 27.0 Å². The fourth-order valence-electron chi connectivity index (χ4n) is 12.5. The predicted molar refractivity (Wildman–Crippen MR) is 240 cm³/mol. The van der Waals surface area contributed by atoms with E-state index in [2.05, 4.69) is 21.3 Å². The van der Waals surface area contributed by atoms with Gasteiger partial charge in [-0.15, -0.1) is 0 Å². The molecule has 2 spiro atoms. The Labute approximate surface area is 379 Å². The molecule has 4 atom stereocenters. The number of imide groups is 1. The van der Waals surface area contributed by atoms with E-state index < -0.39 is 40.7 Å². The molecule has 6 aliphatic rings. The van der Waals surface area contributed by atoms with Crippen molar-refractivity contribution in [3.63, 3.8) is 0 Å². The lowest BCUT2D eigenvalue weighted by molar-refractivity contribution is -0.138. The summed E-state index contributed by atoms with van der Waals surface area (Å²) in [6, 6.07) is 14.1. The molecule has 64 heavy (non-hydrogen) atoms. The number of likely N-dealkylation sites (tertiary alicyclic amines) is 1. The third kappa shape index (κ3) is 6.80. The highest BCUT2D eigenvalue weighted by molar-refractivity contribution is 6.31. The Morgan fingerprint density at radius 1 is 0.844 bits per heavy atom. The van der Waals surface area contributed by atoms with Gasteiger partial charge in [0.1, 0.15) is 17.3 Å². The normalized spacial score (nSPS) is 28.1. The second kappa shape index (κ2) is 16.4. The summed E-state index contributed by atoms with van der Waals surface area (Å²) in [6.45, 7) is 1.21. The average Bonchev–Trinajstić information content (AvgIpc) is 3.84. The van der Waals surface area contributed by atoms with Crippen molar-refractivity contribution in [2.24, 2.45) is 13.0 Å². The Morgan fingerprint density at radius 3 is 2.33 bits per heavy atom. The molecule has 4 N–H and O–H groups in total. The molecule has 5 heterocycles. The zero-order chi connectivity index (χ0) is 44.7. The molecule has 1 aromatic heterocycles. The molecule has 0 radical (unpaired) electrons. The van der Waals surface area contributed by atoms with Crippen molar-refractivity contribution >= 4 is 69.5 Å².